The van der Waals surface area contributed by atoms with Crippen molar-refractivity contribution in [2.24, 2.45) is 0 Å². The van der Waals surface area contributed by atoms with Crippen molar-refractivity contribution in [3.63, 3.8) is 0 Å². The maximum atomic E-state index is 10.5. The van der Waals surface area contributed by atoms with Gasteiger partial charge in [-0.3, -0.25) is 0 Å². The number of hydrogen-bond acceptors (Lipinski definition) is 4. The SMILES string of the molecule is O=S(=O)(Cl)CCCOCCOC1CC1. The molecule has 0 aliphatic heterocycles. The normalized spacial score (nSPS) is 17.2. The van der Waals surface area contributed by atoms with Crippen molar-refractivity contribution in [2.45, 2.75) is 25.4 Å². The maximum absolute atomic E-state index is 10.5. The average molecular weight is 243 g/mol. The minimum atomic E-state index is -3.36. The van der Waals surface area contributed by atoms with Crippen molar-refractivity contribution in [3.8, 4) is 0 Å². The van der Waals surface area contributed by atoms with Gasteiger partial charge in [-0.25, -0.2) is 8.42 Å². The zero-order valence-corrected chi connectivity index (χ0v) is 9.52. The fourth-order valence-corrected chi connectivity index (χ4v) is 1.73. The fourth-order valence-electron chi connectivity index (χ4n) is 0.944. The number of hydrogen-bond donors (Lipinski definition) is 0. The van der Waals surface area contributed by atoms with E-state index in [0.29, 0.717) is 32.3 Å². The Hall–Kier alpha value is 0.160. The third-order valence-corrected chi connectivity index (χ3v) is 3.02. The van der Waals surface area contributed by atoms with Crippen molar-refractivity contribution >= 4 is 19.7 Å². The minimum Gasteiger partial charge on any atom is -0.379 e. The lowest BCUT2D eigenvalue weighted by Gasteiger charge is -2.03. The molecule has 14 heavy (non-hydrogen) atoms. The van der Waals surface area contributed by atoms with Gasteiger partial charge < -0.3 is 9.47 Å². The molecule has 0 bridgehead atoms. The lowest BCUT2D eigenvalue weighted by molar-refractivity contribution is 0.0406. The number of rotatable bonds is 8. The fraction of sp³-hybridized carbons (Fsp3) is 1.00. The summed E-state index contributed by atoms with van der Waals surface area (Å²) in [7, 11) is 1.66. The summed E-state index contributed by atoms with van der Waals surface area (Å²) in [5.41, 5.74) is 0. The Bertz CT molecular complexity index is 248. The second kappa shape index (κ2) is 5.90. The van der Waals surface area contributed by atoms with Gasteiger partial charge in [-0.1, -0.05) is 0 Å². The van der Waals surface area contributed by atoms with Crippen molar-refractivity contribution in [1.29, 1.82) is 0 Å². The summed E-state index contributed by atoms with van der Waals surface area (Å²) in [6.07, 6.45) is 3.20. The minimum absolute atomic E-state index is 0.0297. The zero-order valence-electron chi connectivity index (χ0n) is 7.95. The van der Waals surface area contributed by atoms with E-state index >= 15 is 0 Å². The van der Waals surface area contributed by atoms with Gasteiger partial charge in [-0.15, -0.1) is 0 Å². The van der Waals surface area contributed by atoms with Crippen LogP contribution in [0.15, 0.2) is 0 Å². The molecule has 0 radical (unpaired) electrons. The first-order chi connectivity index (χ1) is 6.58. The van der Waals surface area contributed by atoms with Crippen molar-refractivity contribution in [1.82, 2.24) is 0 Å². The van der Waals surface area contributed by atoms with E-state index in [4.69, 9.17) is 20.2 Å². The molecular weight excluding hydrogens is 228 g/mol. The molecule has 1 saturated carbocycles. The van der Waals surface area contributed by atoms with Crippen molar-refractivity contribution in [2.75, 3.05) is 25.6 Å². The van der Waals surface area contributed by atoms with Crippen LogP contribution in [0.4, 0.5) is 0 Å². The van der Waals surface area contributed by atoms with Crippen LogP contribution in [0.3, 0.4) is 0 Å². The first-order valence-corrected chi connectivity index (χ1v) is 7.17. The third kappa shape index (κ3) is 7.55. The van der Waals surface area contributed by atoms with Gasteiger partial charge in [0.25, 0.3) is 0 Å². The molecule has 1 aliphatic carbocycles. The molecule has 0 heterocycles. The summed E-state index contributed by atoms with van der Waals surface area (Å²) >= 11 is 0. The Kier molecular flexibility index (Phi) is 5.15. The maximum Gasteiger partial charge on any atom is 0.232 e. The van der Waals surface area contributed by atoms with Gasteiger partial charge in [0.15, 0.2) is 0 Å². The molecule has 0 spiro atoms. The van der Waals surface area contributed by atoms with Gasteiger partial charge in [0, 0.05) is 17.3 Å². The van der Waals surface area contributed by atoms with Crippen LogP contribution in [0, 0.1) is 0 Å². The van der Waals surface area contributed by atoms with Gasteiger partial charge in [0.2, 0.25) is 9.05 Å². The smallest absolute Gasteiger partial charge is 0.232 e. The highest BCUT2D eigenvalue weighted by Gasteiger charge is 2.21. The second-order valence-electron chi connectivity index (χ2n) is 3.28. The molecule has 84 valence electrons. The molecule has 1 fully saturated rings. The predicted molar refractivity (Wildman–Crippen MR) is 54.0 cm³/mol. The number of halogens is 1. The van der Waals surface area contributed by atoms with Crippen LogP contribution in [-0.4, -0.2) is 40.1 Å². The second-order valence-corrected chi connectivity index (χ2v) is 6.18. The van der Waals surface area contributed by atoms with Crippen LogP contribution >= 0.6 is 10.7 Å². The molecule has 0 aromatic rings. The van der Waals surface area contributed by atoms with Crippen LogP contribution in [0.25, 0.3) is 0 Å². The Morgan fingerprint density at radius 1 is 1.21 bits per heavy atom. The lowest BCUT2D eigenvalue weighted by Crippen LogP contribution is -2.08. The van der Waals surface area contributed by atoms with E-state index in [9.17, 15) is 8.42 Å². The third-order valence-electron chi connectivity index (χ3n) is 1.78. The van der Waals surface area contributed by atoms with E-state index in [1.807, 2.05) is 0 Å². The first kappa shape index (κ1) is 12.2. The highest BCUT2D eigenvalue weighted by molar-refractivity contribution is 8.13. The molecule has 0 unspecified atom stereocenters. The standard InChI is InChI=1S/C8H15ClO4S/c9-14(10,11)7-1-4-12-5-6-13-8-2-3-8/h8H,1-7H2. The van der Waals surface area contributed by atoms with Gasteiger partial charge in [0.1, 0.15) is 0 Å². The van der Waals surface area contributed by atoms with E-state index < -0.39 is 9.05 Å². The monoisotopic (exact) mass is 242 g/mol. The van der Waals surface area contributed by atoms with Crippen LogP contribution in [0.1, 0.15) is 19.3 Å². The molecular formula is C8H15ClO4S. The molecule has 0 saturated heterocycles. The van der Waals surface area contributed by atoms with Crippen LogP contribution in [0.5, 0.6) is 0 Å². The van der Waals surface area contributed by atoms with E-state index in [2.05, 4.69) is 0 Å². The molecule has 1 rings (SSSR count). The summed E-state index contributed by atoms with van der Waals surface area (Å²) in [5.74, 6) is -0.0297. The largest absolute Gasteiger partial charge is 0.379 e. The first-order valence-electron chi connectivity index (χ1n) is 4.69. The quantitative estimate of drug-likeness (QED) is 0.473. The lowest BCUT2D eigenvalue weighted by atomic mass is 10.5. The molecule has 6 heteroatoms. The summed E-state index contributed by atoms with van der Waals surface area (Å²) < 4.78 is 31.5. The number of ether oxygens (including phenoxy) is 2. The van der Waals surface area contributed by atoms with E-state index in [-0.39, 0.29) is 5.75 Å². The molecule has 0 atom stereocenters. The zero-order chi connectivity index (χ0) is 10.4. The highest BCUT2D eigenvalue weighted by atomic mass is 35.7. The van der Waals surface area contributed by atoms with Crippen LogP contribution in [0.2, 0.25) is 0 Å². The molecule has 0 N–H and O–H groups in total. The molecule has 1 aliphatic rings. The van der Waals surface area contributed by atoms with Crippen molar-refractivity contribution < 1.29 is 17.9 Å². The van der Waals surface area contributed by atoms with E-state index in [0.717, 1.165) is 12.8 Å². The Labute approximate surface area is 88.9 Å². The van der Waals surface area contributed by atoms with Gasteiger partial charge in [-0.05, 0) is 19.3 Å². The molecule has 0 aromatic heterocycles. The summed E-state index contributed by atoms with van der Waals surface area (Å²) in [5, 5.41) is 0. The highest BCUT2D eigenvalue weighted by Crippen LogP contribution is 2.22. The van der Waals surface area contributed by atoms with E-state index in [1.165, 1.54) is 0 Å². The summed E-state index contributed by atoms with van der Waals surface area (Å²) in [6, 6.07) is 0. The Morgan fingerprint density at radius 2 is 1.93 bits per heavy atom. The molecule has 0 aromatic carbocycles. The topological polar surface area (TPSA) is 52.6 Å². The van der Waals surface area contributed by atoms with Crippen LogP contribution in [-0.2, 0) is 18.5 Å². The van der Waals surface area contributed by atoms with Crippen molar-refractivity contribution in [3.05, 3.63) is 0 Å². The molecule has 0 amide bonds. The summed E-state index contributed by atoms with van der Waals surface area (Å²) in [4.78, 5) is 0. The molecule has 4 nitrogen and oxygen atoms in total. The predicted octanol–water partition coefficient (Wildman–Crippen LogP) is 1.14. The summed E-state index contributed by atoms with van der Waals surface area (Å²) in [6.45, 7) is 1.54. The Morgan fingerprint density at radius 3 is 2.50 bits per heavy atom. The van der Waals surface area contributed by atoms with Gasteiger partial charge in [0.05, 0.1) is 25.1 Å². The van der Waals surface area contributed by atoms with E-state index in [1.54, 1.807) is 0 Å². The van der Waals surface area contributed by atoms with Gasteiger partial charge >= 0.3 is 0 Å². The van der Waals surface area contributed by atoms with Gasteiger partial charge in [-0.2, -0.15) is 0 Å². The Balaban J connectivity index is 1.79. The van der Waals surface area contributed by atoms with Crippen LogP contribution < -0.4 is 0 Å². The average Bonchev–Trinajstić information content (AvgIpc) is 2.84.